The molecule has 2 atom stereocenters. The van der Waals surface area contributed by atoms with Crippen LogP contribution in [0.4, 0.5) is 0 Å². The van der Waals surface area contributed by atoms with Crippen LogP contribution in [0.5, 0.6) is 0 Å². The van der Waals surface area contributed by atoms with Crippen molar-refractivity contribution in [2.75, 3.05) is 12.0 Å². The highest BCUT2D eigenvalue weighted by atomic mass is 32.2. The zero-order valence-electron chi connectivity index (χ0n) is 18.0. The van der Waals surface area contributed by atoms with Crippen LogP contribution in [0.25, 0.3) is 0 Å². The number of hydrogen-bond donors (Lipinski definition) is 2. The molecule has 0 aliphatic rings. The summed E-state index contributed by atoms with van der Waals surface area (Å²) < 4.78 is 0. The van der Waals surface area contributed by atoms with E-state index in [-0.39, 0.29) is 17.9 Å². The van der Waals surface area contributed by atoms with E-state index in [4.69, 9.17) is 0 Å². The van der Waals surface area contributed by atoms with Gasteiger partial charge in [-0.15, -0.1) is 0 Å². The molecule has 0 heterocycles. The molecule has 0 saturated carbocycles. The Hall–Kier alpha value is -2.27. The minimum Gasteiger partial charge on any atom is -0.348 e. The van der Waals surface area contributed by atoms with Crippen LogP contribution >= 0.6 is 11.8 Å². The highest BCUT2D eigenvalue weighted by Gasteiger charge is 2.23. The second-order valence-electron chi connectivity index (χ2n) is 7.73. The third-order valence-corrected chi connectivity index (χ3v) is 5.62. The molecule has 0 radical (unpaired) electrons. The second-order valence-corrected chi connectivity index (χ2v) is 8.71. The molecule has 156 valence electrons. The van der Waals surface area contributed by atoms with Gasteiger partial charge >= 0.3 is 0 Å². The van der Waals surface area contributed by atoms with Crippen LogP contribution in [0.3, 0.4) is 0 Å². The van der Waals surface area contributed by atoms with Crippen LogP contribution in [0.2, 0.25) is 0 Å². The lowest BCUT2D eigenvalue weighted by atomic mass is 9.99. The second kappa shape index (κ2) is 11.1. The van der Waals surface area contributed by atoms with Gasteiger partial charge in [0.15, 0.2) is 0 Å². The molecule has 2 amide bonds. The first-order chi connectivity index (χ1) is 13.8. The Morgan fingerprint density at radius 2 is 1.62 bits per heavy atom. The van der Waals surface area contributed by atoms with Crippen molar-refractivity contribution in [1.29, 1.82) is 0 Å². The summed E-state index contributed by atoms with van der Waals surface area (Å²) in [6.45, 7) is 8.23. The minimum atomic E-state index is -0.562. The van der Waals surface area contributed by atoms with Crippen LogP contribution in [0, 0.1) is 6.92 Å². The summed E-state index contributed by atoms with van der Waals surface area (Å²) in [5.41, 5.74) is 3.91. The maximum atomic E-state index is 12.9. The third-order valence-electron chi connectivity index (χ3n) is 4.97. The molecule has 0 aliphatic carbocycles. The van der Waals surface area contributed by atoms with Gasteiger partial charge in [0.2, 0.25) is 5.91 Å². The number of rotatable bonds is 9. The fourth-order valence-corrected chi connectivity index (χ4v) is 3.57. The Bertz CT molecular complexity index is 818. The quantitative estimate of drug-likeness (QED) is 0.619. The molecule has 5 heteroatoms. The van der Waals surface area contributed by atoms with E-state index in [0.717, 1.165) is 16.9 Å². The number of carbonyl (C=O) groups excluding carboxylic acids is 2. The molecule has 0 aromatic heterocycles. The Kier molecular flexibility index (Phi) is 8.77. The van der Waals surface area contributed by atoms with Crippen LogP contribution in [-0.2, 0) is 4.79 Å². The largest absolute Gasteiger partial charge is 0.348 e. The van der Waals surface area contributed by atoms with Crippen molar-refractivity contribution in [3.05, 3.63) is 70.8 Å². The highest BCUT2D eigenvalue weighted by molar-refractivity contribution is 7.98. The Labute approximate surface area is 178 Å². The topological polar surface area (TPSA) is 58.2 Å². The van der Waals surface area contributed by atoms with Crippen molar-refractivity contribution in [3.8, 4) is 0 Å². The first kappa shape index (κ1) is 23.0. The van der Waals surface area contributed by atoms with E-state index in [9.17, 15) is 9.59 Å². The molecule has 2 unspecified atom stereocenters. The maximum Gasteiger partial charge on any atom is 0.251 e. The lowest BCUT2D eigenvalue weighted by Crippen LogP contribution is -2.47. The summed E-state index contributed by atoms with van der Waals surface area (Å²) in [4.78, 5) is 25.5. The molecule has 29 heavy (non-hydrogen) atoms. The molecule has 2 aromatic carbocycles. The van der Waals surface area contributed by atoms with Gasteiger partial charge in [0.05, 0.1) is 6.04 Å². The van der Waals surface area contributed by atoms with Gasteiger partial charge in [-0.25, -0.2) is 0 Å². The molecular formula is C24H32N2O2S. The van der Waals surface area contributed by atoms with Crippen LogP contribution in [-0.4, -0.2) is 29.9 Å². The van der Waals surface area contributed by atoms with E-state index in [1.54, 1.807) is 17.8 Å². The molecule has 0 fully saturated rings. The zero-order valence-corrected chi connectivity index (χ0v) is 18.8. The first-order valence-corrected chi connectivity index (χ1v) is 11.5. The average molecular weight is 413 g/mol. The van der Waals surface area contributed by atoms with Crippen molar-refractivity contribution < 1.29 is 9.59 Å². The minimum absolute atomic E-state index is 0.128. The SMILES string of the molecule is CSCCC(NC(=O)c1cccc(C)c1)C(=O)NC(C)c1ccc(C(C)C)cc1. The first-order valence-electron chi connectivity index (χ1n) is 10.1. The summed E-state index contributed by atoms with van der Waals surface area (Å²) in [6, 6.07) is 15.0. The van der Waals surface area contributed by atoms with E-state index in [1.807, 2.05) is 38.3 Å². The number of nitrogens with one attached hydrogen (secondary N) is 2. The number of benzene rings is 2. The van der Waals surface area contributed by atoms with Gasteiger partial charge in [0, 0.05) is 5.56 Å². The van der Waals surface area contributed by atoms with E-state index in [2.05, 4.69) is 48.7 Å². The summed E-state index contributed by atoms with van der Waals surface area (Å²) in [5, 5.41) is 5.97. The normalized spacial score (nSPS) is 13.0. The van der Waals surface area contributed by atoms with Gasteiger partial charge in [-0.3, -0.25) is 9.59 Å². The monoisotopic (exact) mass is 412 g/mol. The number of thioether (sulfide) groups is 1. The Morgan fingerprint density at radius 1 is 0.966 bits per heavy atom. The summed E-state index contributed by atoms with van der Waals surface area (Å²) in [6.07, 6.45) is 2.58. The molecular weight excluding hydrogens is 380 g/mol. The Morgan fingerprint density at radius 3 is 2.21 bits per heavy atom. The number of amides is 2. The molecule has 0 spiro atoms. The van der Waals surface area contributed by atoms with E-state index >= 15 is 0 Å². The number of aryl methyl sites for hydroxylation is 1. The van der Waals surface area contributed by atoms with Gasteiger partial charge in [-0.05, 0) is 61.5 Å². The van der Waals surface area contributed by atoms with E-state index in [1.165, 1.54) is 5.56 Å². The van der Waals surface area contributed by atoms with Crippen LogP contribution < -0.4 is 10.6 Å². The standard InChI is InChI=1S/C24H32N2O2S/c1-16(2)19-9-11-20(12-10-19)18(4)25-24(28)22(13-14-29-5)26-23(27)21-8-6-7-17(3)15-21/h6-12,15-16,18,22H,13-14H2,1-5H3,(H,25,28)(H,26,27). The third kappa shape index (κ3) is 6.93. The summed E-state index contributed by atoms with van der Waals surface area (Å²) in [7, 11) is 0. The van der Waals surface area contributed by atoms with Crippen molar-refractivity contribution in [2.24, 2.45) is 0 Å². The van der Waals surface area contributed by atoms with Gasteiger partial charge in [-0.1, -0.05) is 55.8 Å². The van der Waals surface area contributed by atoms with Crippen molar-refractivity contribution in [2.45, 2.75) is 52.1 Å². The van der Waals surface area contributed by atoms with Crippen molar-refractivity contribution >= 4 is 23.6 Å². The van der Waals surface area contributed by atoms with Crippen LogP contribution in [0.1, 0.15) is 66.2 Å². The van der Waals surface area contributed by atoms with Gasteiger partial charge < -0.3 is 10.6 Å². The predicted octanol–water partition coefficient (Wildman–Crippen LogP) is 4.85. The number of carbonyl (C=O) groups is 2. The van der Waals surface area contributed by atoms with E-state index < -0.39 is 6.04 Å². The average Bonchev–Trinajstić information content (AvgIpc) is 2.70. The number of hydrogen-bond acceptors (Lipinski definition) is 3. The molecule has 0 bridgehead atoms. The van der Waals surface area contributed by atoms with Crippen molar-refractivity contribution in [3.63, 3.8) is 0 Å². The van der Waals surface area contributed by atoms with E-state index in [0.29, 0.717) is 17.9 Å². The summed E-state index contributed by atoms with van der Waals surface area (Å²) in [5.74, 6) is 0.898. The lowest BCUT2D eigenvalue weighted by Gasteiger charge is -2.22. The van der Waals surface area contributed by atoms with Crippen LogP contribution in [0.15, 0.2) is 48.5 Å². The molecule has 2 N–H and O–H groups in total. The molecule has 2 aromatic rings. The fourth-order valence-electron chi connectivity index (χ4n) is 3.10. The molecule has 0 aliphatic heterocycles. The summed E-state index contributed by atoms with van der Waals surface area (Å²) >= 11 is 1.66. The van der Waals surface area contributed by atoms with Gasteiger partial charge in [0.25, 0.3) is 5.91 Å². The Balaban J connectivity index is 2.06. The lowest BCUT2D eigenvalue weighted by molar-refractivity contribution is -0.123. The molecule has 0 saturated heterocycles. The molecule has 2 rings (SSSR count). The smallest absolute Gasteiger partial charge is 0.251 e. The van der Waals surface area contributed by atoms with Crippen molar-refractivity contribution in [1.82, 2.24) is 10.6 Å². The zero-order chi connectivity index (χ0) is 21.4. The molecule has 4 nitrogen and oxygen atoms in total. The highest BCUT2D eigenvalue weighted by Crippen LogP contribution is 2.19. The maximum absolute atomic E-state index is 12.9. The fraction of sp³-hybridized carbons (Fsp3) is 0.417. The van der Waals surface area contributed by atoms with Gasteiger partial charge in [0.1, 0.15) is 6.04 Å². The van der Waals surface area contributed by atoms with Gasteiger partial charge in [-0.2, -0.15) is 11.8 Å². The predicted molar refractivity (Wildman–Crippen MR) is 123 cm³/mol.